The minimum Gasteiger partial charge on any atom is -0.260 e. The molecule has 0 aliphatic heterocycles. The van der Waals surface area contributed by atoms with Gasteiger partial charge in [0, 0.05) is 6.20 Å². The zero-order valence-corrected chi connectivity index (χ0v) is 11.6. The summed E-state index contributed by atoms with van der Waals surface area (Å²) in [6.07, 6.45) is 1.44. The van der Waals surface area contributed by atoms with Crippen molar-refractivity contribution in [3.63, 3.8) is 0 Å². The molecule has 7 heteroatoms. The first-order valence-electron chi connectivity index (χ1n) is 5.41. The minimum absolute atomic E-state index is 0.0498. The Hall–Kier alpha value is -1.50. The van der Waals surface area contributed by atoms with E-state index in [1.165, 1.54) is 24.4 Å². The first kappa shape index (κ1) is 13.9. The molecule has 5 nitrogen and oxygen atoms in total. The van der Waals surface area contributed by atoms with Crippen LogP contribution in [0.15, 0.2) is 41.4 Å². The molecule has 1 aromatic carbocycles. The molecule has 0 saturated carbocycles. The maximum atomic E-state index is 11.9. The van der Waals surface area contributed by atoms with E-state index in [0.717, 1.165) is 5.56 Å². The van der Waals surface area contributed by atoms with Crippen molar-refractivity contribution < 1.29 is 12.6 Å². The Morgan fingerprint density at radius 1 is 1.21 bits per heavy atom. The van der Waals surface area contributed by atoms with Gasteiger partial charge < -0.3 is 0 Å². The van der Waals surface area contributed by atoms with Gasteiger partial charge >= 0.3 is 0 Å². The highest BCUT2D eigenvalue weighted by Gasteiger charge is 2.15. The van der Waals surface area contributed by atoms with Crippen molar-refractivity contribution in [2.45, 2.75) is 18.4 Å². The predicted octanol–water partition coefficient (Wildman–Crippen LogP) is 2.34. The van der Waals surface area contributed by atoms with Crippen molar-refractivity contribution in [1.82, 2.24) is 9.97 Å². The Labute approximate surface area is 116 Å². The molecule has 0 amide bonds. The lowest BCUT2D eigenvalue weighted by Gasteiger charge is -2.05. The molecular formula is C12H11ClN2O3S. The molecule has 19 heavy (non-hydrogen) atoms. The van der Waals surface area contributed by atoms with Crippen molar-refractivity contribution in [1.29, 1.82) is 0 Å². The van der Waals surface area contributed by atoms with E-state index in [9.17, 15) is 8.42 Å². The Morgan fingerprint density at radius 3 is 2.53 bits per heavy atom. The molecule has 0 radical (unpaired) electrons. The van der Waals surface area contributed by atoms with Crippen molar-refractivity contribution in [2.75, 3.05) is 0 Å². The molecule has 100 valence electrons. The molecule has 0 spiro atoms. The number of hydrogen-bond acceptors (Lipinski definition) is 5. The van der Waals surface area contributed by atoms with Crippen molar-refractivity contribution in [3.05, 3.63) is 53.1 Å². The highest BCUT2D eigenvalue weighted by molar-refractivity contribution is 7.86. The van der Waals surface area contributed by atoms with Crippen molar-refractivity contribution in [3.8, 4) is 0 Å². The third kappa shape index (κ3) is 3.73. The largest absolute Gasteiger partial charge is 0.297 e. The van der Waals surface area contributed by atoms with E-state index in [1.54, 1.807) is 12.1 Å². The number of nitrogens with zero attached hydrogens (tertiary/aromatic N) is 2. The number of aryl methyl sites for hydroxylation is 1. The molecule has 1 aromatic heterocycles. The molecular weight excluding hydrogens is 288 g/mol. The normalized spacial score (nSPS) is 11.5. The van der Waals surface area contributed by atoms with Gasteiger partial charge in [0.2, 0.25) is 5.28 Å². The van der Waals surface area contributed by atoms with E-state index in [2.05, 4.69) is 9.97 Å². The maximum Gasteiger partial charge on any atom is 0.297 e. The summed E-state index contributed by atoms with van der Waals surface area (Å²) < 4.78 is 28.7. The van der Waals surface area contributed by atoms with Crippen LogP contribution >= 0.6 is 11.6 Å². The van der Waals surface area contributed by atoms with Crippen LogP contribution in [0.4, 0.5) is 0 Å². The van der Waals surface area contributed by atoms with Gasteiger partial charge in [0.1, 0.15) is 6.61 Å². The third-order valence-electron chi connectivity index (χ3n) is 2.36. The van der Waals surface area contributed by atoms with Gasteiger partial charge in [0.15, 0.2) is 0 Å². The lowest BCUT2D eigenvalue weighted by molar-refractivity contribution is 0.303. The third-order valence-corrected chi connectivity index (χ3v) is 3.82. The van der Waals surface area contributed by atoms with Gasteiger partial charge in [-0.15, -0.1) is 0 Å². The molecule has 0 bridgehead atoms. The van der Waals surface area contributed by atoms with Crippen LogP contribution in [-0.2, 0) is 20.9 Å². The van der Waals surface area contributed by atoms with Crippen LogP contribution in [0.3, 0.4) is 0 Å². The number of hydrogen-bond donors (Lipinski definition) is 0. The Morgan fingerprint density at radius 2 is 1.89 bits per heavy atom. The minimum atomic E-state index is -3.79. The zero-order chi connectivity index (χ0) is 13.9. The first-order chi connectivity index (χ1) is 8.97. The SMILES string of the molecule is Cc1ccc(S(=O)(=O)OCc2ccnc(Cl)n2)cc1. The second-order valence-corrected chi connectivity index (χ2v) is 5.80. The van der Waals surface area contributed by atoms with E-state index in [1.807, 2.05) is 6.92 Å². The summed E-state index contributed by atoms with van der Waals surface area (Å²) in [5.41, 5.74) is 1.37. The summed E-state index contributed by atoms with van der Waals surface area (Å²) >= 11 is 5.60. The molecule has 0 fully saturated rings. The van der Waals surface area contributed by atoms with Gasteiger partial charge in [-0.05, 0) is 36.7 Å². The Kier molecular flexibility index (Phi) is 4.14. The predicted molar refractivity (Wildman–Crippen MR) is 70.2 cm³/mol. The van der Waals surface area contributed by atoms with Crippen LogP contribution in [0.25, 0.3) is 0 Å². The van der Waals surface area contributed by atoms with Crippen LogP contribution < -0.4 is 0 Å². The molecule has 2 aromatic rings. The van der Waals surface area contributed by atoms with Crippen LogP contribution in [0.1, 0.15) is 11.3 Å². The summed E-state index contributed by atoms with van der Waals surface area (Å²) in [6, 6.07) is 7.95. The number of benzene rings is 1. The molecule has 0 N–H and O–H groups in total. The highest BCUT2D eigenvalue weighted by atomic mass is 35.5. The zero-order valence-electron chi connectivity index (χ0n) is 10.1. The molecule has 0 atom stereocenters. The molecule has 1 heterocycles. The Bertz CT molecular complexity index is 672. The van der Waals surface area contributed by atoms with E-state index >= 15 is 0 Å². The van der Waals surface area contributed by atoms with E-state index in [4.69, 9.17) is 15.8 Å². The average molecular weight is 299 g/mol. The van der Waals surface area contributed by atoms with Gasteiger partial charge in [0.05, 0.1) is 10.6 Å². The lowest BCUT2D eigenvalue weighted by atomic mass is 10.2. The monoisotopic (exact) mass is 298 g/mol. The van der Waals surface area contributed by atoms with Crippen molar-refractivity contribution >= 4 is 21.7 Å². The van der Waals surface area contributed by atoms with E-state index in [-0.39, 0.29) is 16.8 Å². The summed E-state index contributed by atoms with van der Waals surface area (Å²) in [6.45, 7) is 1.69. The van der Waals surface area contributed by atoms with Gasteiger partial charge in [0.25, 0.3) is 10.1 Å². The summed E-state index contributed by atoms with van der Waals surface area (Å²) in [5.74, 6) is 0. The Balaban J connectivity index is 2.12. The smallest absolute Gasteiger partial charge is 0.260 e. The van der Waals surface area contributed by atoms with Crippen LogP contribution in [0, 0.1) is 6.92 Å². The van der Waals surface area contributed by atoms with Crippen LogP contribution in [-0.4, -0.2) is 18.4 Å². The van der Waals surface area contributed by atoms with Crippen LogP contribution in [0.5, 0.6) is 0 Å². The topological polar surface area (TPSA) is 69.2 Å². The van der Waals surface area contributed by atoms with E-state index in [0.29, 0.717) is 5.69 Å². The summed E-state index contributed by atoms with van der Waals surface area (Å²) in [5, 5.41) is 0.0498. The van der Waals surface area contributed by atoms with E-state index < -0.39 is 10.1 Å². The fourth-order valence-electron chi connectivity index (χ4n) is 1.36. The van der Waals surface area contributed by atoms with Gasteiger partial charge in [-0.25, -0.2) is 9.97 Å². The quantitative estimate of drug-likeness (QED) is 0.640. The number of rotatable bonds is 4. The lowest BCUT2D eigenvalue weighted by Crippen LogP contribution is -2.07. The summed E-state index contributed by atoms with van der Waals surface area (Å²) in [4.78, 5) is 7.66. The van der Waals surface area contributed by atoms with Crippen molar-refractivity contribution in [2.24, 2.45) is 0 Å². The summed E-state index contributed by atoms with van der Waals surface area (Å²) in [7, 11) is -3.79. The molecule has 2 rings (SSSR count). The second kappa shape index (κ2) is 5.64. The first-order valence-corrected chi connectivity index (χ1v) is 7.19. The maximum absolute atomic E-state index is 11.9. The number of halogens is 1. The second-order valence-electron chi connectivity index (χ2n) is 3.85. The van der Waals surface area contributed by atoms with Gasteiger partial charge in [-0.3, -0.25) is 4.18 Å². The fourth-order valence-corrected chi connectivity index (χ4v) is 2.41. The number of aromatic nitrogens is 2. The fraction of sp³-hybridized carbons (Fsp3) is 0.167. The van der Waals surface area contributed by atoms with Gasteiger partial charge in [-0.2, -0.15) is 8.42 Å². The standard InChI is InChI=1S/C12H11ClN2O3S/c1-9-2-4-11(5-3-9)19(16,17)18-8-10-6-7-14-12(13)15-10/h2-7H,8H2,1H3. The van der Waals surface area contributed by atoms with Crippen LogP contribution in [0.2, 0.25) is 5.28 Å². The highest BCUT2D eigenvalue weighted by Crippen LogP contribution is 2.15. The average Bonchev–Trinajstić information content (AvgIpc) is 2.37. The van der Waals surface area contributed by atoms with Gasteiger partial charge in [-0.1, -0.05) is 17.7 Å². The molecule has 0 saturated heterocycles. The molecule has 0 unspecified atom stereocenters. The molecule has 0 aliphatic carbocycles. The molecule has 0 aliphatic rings.